The number of rotatable bonds is 8. The minimum Gasteiger partial charge on any atom is -0.491 e. The number of aromatic nitrogens is 2. The summed E-state index contributed by atoms with van der Waals surface area (Å²) in [4.78, 5) is 19.0. The van der Waals surface area contributed by atoms with Gasteiger partial charge in [-0.25, -0.2) is 4.98 Å². The van der Waals surface area contributed by atoms with Crippen LogP contribution in [0.3, 0.4) is 0 Å². The van der Waals surface area contributed by atoms with Crippen LogP contribution in [0, 0.1) is 13.8 Å². The standard InChI is InChI=1S/C25H29N3O3/c1-4-11-27-14-19(13-24(27)30)25-26-22-7-5-6-8-23(22)28(25)15-20(29)16-31-21-10-9-17(2)18(3)12-21/h4-10,12,19-20,29H,1,11,13-16H2,2-3H3/t19-,20-/m0/s1. The smallest absolute Gasteiger partial charge is 0.223 e. The lowest BCUT2D eigenvalue weighted by molar-refractivity contribution is -0.127. The van der Waals surface area contributed by atoms with Crippen LogP contribution in [-0.2, 0) is 11.3 Å². The molecule has 0 spiro atoms. The number of nitrogens with zero attached hydrogens (tertiary/aromatic N) is 3. The predicted octanol–water partition coefficient (Wildman–Crippen LogP) is 3.59. The number of fused-ring (bicyclic) bond motifs is 1. The first-order valence-corrected chi connectivity index (χ1v) is 10.7. The summed E-state index contributed by atoms with van der Waals surface area (Å²) in [5, 5.41) is 10.8. The minimum absolute atomic E-state index is 0.00674. The van der Waals surface area contributed by atoms with Crippen LogP contribution in [0.1, 0.15) is 29.3 Å². The van der Waals surface area contributed by atoms with Crippen LogP contribution in [-0.4, -0.2) is 51.3 Å². The normalized spacial score (nSPS) is 17.3. The molecule has 2 atom stereocenters. The summed E-state index contributed by atoms with van der Waals surface area (Å²) in [5.41, 5.74) is 4.19. The lowest BCUT2D eigenvalue weighted by atomic mass is 10.1. The third-order valence-corrected chi connectivity index (χ3v) is 5.93. The number of aryl methyl sites for hydroxylation is 2. The molecule has 1 amide bonds. The molecule has 2 heterocycles. The molecule has 31 heavy (non-hydrogen) atoms. The highest BCUT2D eigenvalue weighted by Crippen LogP contribution is 2.30. The number of aliphatic hydroxyl groups excluding tert-OH is 1. The maximum atomic E-state index is 12.4. The maximum absolute atomic E-state index is 12.4. The average Bonchev–Trinajstić information content (AvgIpc) is 3.30. The van der Waals surface area contributed by atoms with Gasteiger partial charge in [0.25, 0.3) is 0 Å². The van der Waals surface area contributed by atoms with Crippen LogP contribution in [0.5, 0.6) is 5.75 Å². The Labute approximate surface area is 182 Å². The highest BCUT2D eigenvalue weighted by Gasteiger charge is 2.33. The van der Waals surface area contributed by atoms with Crippen molar-refractivity contribution in [3.63, 3.8) is 0 Å². The quantitative estimate of drug-likeness (QED) is 0.567. The van der Waals surface area contributed by atoms with Crippen LogP contribution < -0.4 is 4.74 Å². The lowest BCUT2D eigenvalue weighted by Gasteiger charge is -2.18. The van der Waals surface area contributed by atoms with E-state index in [-0.39, 0.29) is 18.4 Å². The molecule has 1 aromatic heterocycles. The van der Waals surface area contributed by atoms with Crippen molar-refractivity contribution in [3.8, 4) is 5.75 Å². The molecular weight excluding hydrogens is 390 g/mol. The Balaban J connectivity index is 1.53. The van der Waals surface area contributed by atoms with Gasteiger partial charge in [-0.15, -0.1) is 6.58 Å². The number of aliphatic hydroxyl groups is 1. The van der Waals surface area contributed by atoms with Gasteiger partial charge in [-0.05, 0) is 49.2 Å². The predicted molar refractivity (Wildman–Crippen MR) is 121 cm³/mol. The van der Waals surface area contributed by atoms with Gasteiger partial charge in [0, 0.05) is 25.4 Å². The van der Waals surface area contributed by atoms with Crippen molar-refractivity contribution >= 4 is 16.9 Å². The Kier molecular flexibility index (Phi) is 6.09. The van der Waals surface area contributed by atoms with Gasteiger partial charge in [-0.3, -0.25) is 4.79 Å². The molecule has 0 aliphatic carbocycles. The molecule has 0 radical (unpaired) electrons. The zero-order chi connectivity index (χ0) is 22.0. The molecule has 6 heteroatoms. The monoisotopic (exact) mass is 419 g/mol. The highest BCUT2D eigenvalue weighted by atomic mass is 16.5. The van der Waals surface area contributed by atoms with Crippen LogP contribution >= 0.6 is 0 Å². The molecule has 0 unspecified atom stereocenters. The van der Waals surface area contributed by atoms with Gasteiger partial charge in [-0.2, -0.15) is 0 Å². The molecule has 162 valence electrons. The van der Waals surface area contributed by atoms with Crippen LogP contribution in [0.25, 0.3) is 11.0 Å². The minimum atomic E-state index is -0.709. The number of amides is 1. The fourth-order valence-corrected chi connectivity index (χ4v) is 4.13. The third-order valence-electron chi connectivity index (χ3n) is 5.93. The van der Waals surface area contributed by atoms with E-state index in [1.807, 2.05) is 54.0 Å². The molecule has 6 nitrogen and oxygen atoms in total. The van der Waals surface area contributed by atoms with Crippen molar-refractivity contribution in [1.82, 2.24) is 14.5 Å². The Bertz CT molecular complexity index is 1100. The van der Waals surface area contributed by atoms with Gasteiger partial charge in [0.1, 0.15) is 24.3 Å². The van der Waals surface area contributed by atoms with Crippen molar-refractivity contribution in [2.45, 2.75) is 38.8 Å². The van der Waals surface area contributed by atoms with E-state index in [2.05, 4.69) is 13.5 Å². The molecule has 1 fully saturated rings. The first-order chi connectivity index (χ1) is 15.0. The zero-order valence-electron chi connectivity index (χ0n) is 18.1. The molecule has 4 rings (SSSR count). The maximum Gasteiger partial charge on any atom is 0.223 e. The molecular formula is C25H29N3O3. The topological polar surface area (TPSA) is 67.6 Å². The SMILES string of the molecule is C=CCN1C[C@@H](c2nc3ccccc3n2C[C@H](O)COc2ccc(C)c(C)c2)CC1=O. The summed E-state index contributed by atoms with van der Waals surface area (Å²) in [6.45, 7) is 9.54. The number of hydrogen-bond donors (Lipinski definition) is 1. The van der Waals surface area contributed by atoms with E-state index in [0.29, 0.717) is 26.1 Å². The summed E-state index contributed by atoms with van der Waals surface area (Å²) in [6.07, 6.45) is 1.46. The molecule has 0 saturated carbocycles. The number of likely N-dealkylation sites (tertiary alicyclic amines) is 1. The second-order valence-corrected chi connectivity index (χ2v) is 8.27. The fourth-order valence-electron chi connectivity index (χ4n) is 4.13. The van der Waals surface area contributed by atoms with Gasteiger partial charge in [-0.1, -0.05) is 24.3 Å². The summed E-state index contributed by atoms with van der Waals surface area (Å²) in [7, 11) is 0. The van der Waals surface area contributed by atoms with Crippen LogP contribution in [0.4, 0.5) is 0 Å². The van der Waals surface area contributed by atoms with Crippen LogP contribution in [0.15, 0.2) is 55.1 Å². The molecule has 1 saturated heterocycles. The Morgan fingerprint density at radius 1 is 1.26 bits per heavy atom. The average molecular weight is 420 g/mol. The Morgan fingerprint density at radius 3 is 2.84 bits per heavy atom. The third kappa shape index (κ3) is 4.49. The number of carbonyl (C=O) groups excluding carboxylic acids is 1. The number of para-hydroxylation sites is 2. The summed E-state index contributed by atoms with van der Waals surface area (Å²) < 4.78 is 7.88. The summed E-state index contributed by atoms with van der Waals surface area (Å²) in [5.74, 6) is 1.69. The van der Waals surface area contributed by atoms with Gasteiger partial charge < -0.3 is 19.3 Å². The van der Waals surface area contributed by atoms with E-state index < -0.39 is 6.10 Å². The van der Waals surface area contributed by atoms with E-state index in [1.54, 1.807) is 11.0 Å². The molecule has 2 aromatic carbocycles. The first kappa shape index (κ1) is 21.1. The summed E-state index contributed by atoms with van der Waals surface area (Å²) >= 11 is 0. The number of hydrogen-bond acceptors (Lipinski definition) is 4. The zero-order valence-corrected chi connectivity index (χ0v) is 18.1. The van der Waals surface area contributed by atoms with Gasteiger partial charge in [0.15, 0.2) is 0 Å². The fraction of sp³-hybridized carbons (Fsp3) is 0.360. The van der Waals surface area contributed by atoms with E-state index in [0.717, 1.165) is 28.2 Å². The Morgan fingerprint density at radius 2 is 2.06 bits per heavy atom. The van der Waals surface area contributed by atoms with E-state index in [9.17, 15) is 9.90 Å². The summed E-state index contributed by atoms with van der Waals surface area (Å²) in [6, 6.07) is 13.8. The van der Waals surface area contributed by atoms with Gasteiger partial charge in [0.2, 0.25) is 5.91 Å². The van der Waals surface area contributed by atoms with Crippen molar-refractivity contribution in [3.05, 3.63) is 72.1 Å². The number of benzene rings is 2. The van der Waals surface area contributed by atoms with Crippen LogP contribution in [0.2, 0.25) is 0 Å². The number of ether oxygens (including phenoxy) is 1. The van der Waals surface area contributed by atoms with Crippen molar-refractivity contribution in [2.24, 2.45) is 0 Å². The van der Waals surface area contributed by atoms with Gasteiger partial charge in [0.05, 0.1) is 17.6 Å². The van der Waals surface area contributed by atoms with E-state index in [1.165, 1.54) is 5.56 Å². The van der Waals surface area contributed by atoms with Crippen molar-refractivity contribution in [1.29, 1.82) is 0 Å². The van der Waals surface area contributed by atoms with E-state index >= 15 is 0 Å². The molecule has 0 bridgehead atoms. The van der Waals surface area contributed by atoms with Crippen molar-refractivity contribution < 1.29 is 14.6 Å². The second-order valence-electron chi connectivity index (χ2n) is 8.27. The molecule has 1 N–H and O–H groups in total. The second kappa shape index (κ2) is 8.94. The first-order valence-electron chi connectivity index (χ1n) is 10.7. The highest BCUT2D eigenvalue weighted by molar-refractivity contribution is 5.81. The molecule has 3 aromatic rings. The number of imidazole rings is 1. The Hall–Kier alpha value is -3.12. The van der Waals surface area contributed by atoms with Crippen molar-refractivity contribution in [2.75, 3.05) is 19.7 Å². The number of carbonyl (C=O) groups is 1. The molecule has 1 aliphatic rings. The van der Waals surface area contributed by atoms with Gasteiger partial charge >= 0.3 is 0 Å². The largest absolute Gasteiger partial charge is 0.491 e. The molecule has 1 aliphatic heterocycles. The van der Waals surface area contributed by atoms with E-state index in [4.69, 9.17) is 9.72 Å². The lowest BCUT2D eigenvalue weighted by Crippen LogP contribution is -2.26.